The number of phenols is 2. The number of hydrogen-bond acceptors (Lipinski definition) is 14. The van der Waals surface area contributed by atoms with Crippen molar-refractivity contribution >= 4 is 22.5 Å². The smallest absolute Gasteiger partial charge is 0.335 e. The van der Waals surface area contributed by atoms with E-state index in [-0.39, 0.29) is 86.3 Å². The number of carboxylic acids is 1. The van der Waals surface area contributed by atoms with Crippen molar-refractivity contribution in [3.8, 4) is 17.2 Å². The Balaban J connectivity index is 0.829. The molecule has 17 rings (SSSR count). The number of carbonyl (C=O) groups is 2. The number of aliphatic hydroxyl groups is 4. The van der Waals surface area contributed by atoms with Gasteiger partial charge in [0.1, 0.15) is 41.2 Å². The Morgan fingerprint density at radius 1 is 0.788 bits per heavy atom. The molecule has 16 unspecified atom stereocenters. The number of phenolic OH excluding ortho intramolecular Hbond substituents is 2. The summed E-state index contributed by atoms with van der Waals surface area (Å²) in [6.45, 7) is 4.05. The Hall–Kier alpha value is -3.64. The van der Waals surface area contributed by atoms with E-state index >= 15 is 0 Å². The van der Waals surface area contributed by atoms with Crippen molar-refractivity contribution < 1.29 is 64.3 Å². The second-order valence-electron chi connectivity index (χ2n) is 32.3. The third-order valence-corrected chi connectivity index (χ3v) is 29.0. The number of hydrogen-bond donors (Lipinski definition) is 9. The van der Waals surface area contributed by atoms with Crippen LogP contribution >= 0.6 is 0 Å². The summed E-state index contributed by atoms with van der Waals surface area (Å²) in [5.41, 5.74) is 10.6. The molecule has 15 nitrogen and oxygen atoms in total. The maximum absolute atomic E-state index is 13.7. The fraction of sp³-hybridized carbons (Fsp3) is 0.771. The minimum absolute atomic E-state index is 0.0673. The summed E-state index contributed by atoms with van der Waals surface area (Å²) < 4.78 is 28.8. The number of aromatic hydroxyl groups is 2. The lowest BCUT2D eigenvalue weighted by atomic mass is 9.38. The van der Waals surface area contributed by atoms with Gasteiger partial charge in [-0.25, -0.2) is 4.79 Å². The molecule has 15 aliphatic rings. The second kappa shape index (κ2) is 18.3. The molecule has 4 bridgehead atoms. The highest BCUT2D eigenvalue weighted by Crippen LogP contribution is 2.88. The van der Waals surface area contributed by atoms with Crippen LogP contribution in [0.3, 0.4) is 0 Å². The number of carbonyl (C=O) groups excluding carboxylic acids is 1. The molecular formula is C70H92N2O13. The van der Waals surface area contributed by atoms with Gasteiger partial charge < -0.3 is 54.7 Å². The first-order chi connectivity index (χ1) is 40.8. The molecule has 85 heavy (non-hydrogen) atoms. The summed E-state index contributed by atoms with van der Waals surface area (Å²) >= 11 is 0. The predicted octanol–water partition coefficient (Wildman–Crippen LogP) is 10.4. The van der Waals surface area contributed by atoms with E-state index in [1.165, 1.54) is 158 Å². The van der Waals surface area contributed by atoms with Gasteiger partial charge in [0.15, 0.2) is 5.78 Å². The molecule has 2 aromatic rings. The summed E-state index contributed by atoms with van der Waals surface area (Å²) in [6.07, 6.45) is 26.7. The fourth-order valence-electron chi connectivity index (χ4n) is 26.8. The van der Waals surface area contributed by atoms with Crippen LogP contribution in [0.25, 0.3) is 10.8 Å². The Kier molecular flexibility index (Phi) is 11.9. The highest BCUT2D eigenvalue weighted by atomic mass is 16.7. The number of rotatable bonds is 7. The van der Waals surface area contributed by atoms with E-state index in [2.05, 4.69) is 16.9 Å². The summed E-state index contributed by atoms with van der Waals surface area (Å²) in [7, 11) is 0. The number of aliphatic hydroxyl groups excluding tert-OH is 4. The lowest BCUT2D eigenvalue weighted by Crippen LogP contribution is -2.82. The van der Waals surface area contributed by atoms with Crippen LogP contribution in [0.2, 0.25) is 0 Å². The van der Waals surface area contributed by atoms with Crippen molar-refractivity contribution in [3.05, 3.63) is 51.6 Å². The molecule has 15 heteroatoms. The van der Waals surface area contributed by atoms with Gasteiger partial charge in [-0.05, 0) is 222 Å². The number of fused-ring (bicyclic) bond motifs is 7. The molecule has 460 valence electrons. The van der Waals surface area contributed by atoms with Gasteiger partial charge in [-0.1, -0.05) is 57.4 Å². The minimum atomic E-state index is -1.82. The van der Waals surface area contributed by atoms with E-state index in [1.807, 2.05) is 0 Å². The second-order valence-corrected chi connectivity index (χ2v) is 32.3. The third-order valence-electron chi connectivity index (χ3n) is 29.0. The molecule has 0 aromatic heterocycles. The largest absolute Gasteiger partial charge is 0.507 e. The molecule has 0 radical (unpaired) electrons. The Bertz CT molecular complexity index is 3250. The average Bonchev–Trinajstić information content (AvgIpc) is 1.52. The van der Waals surface area contributed by atoms with Crippen LogP contribution in [-0.2, 0) is 14.2 Å². The number of Topliss-reactive ketones (excluding diaryl/α,β-unsaturated/α-hetero) is 1. The SMILES string of the molecule is CC(=O)c1c(C)c(O)c2cc(C(=O)O)cc(OC3OC4C(O)C5(CCCC5)CC5OC4(CC4C6=C5CC=C6C5(CCCO)COCC6CC78CC4(NNC7C4(CCCC4)C4(CC7(CCCC7)CC47CCC4(CCCC4)C7)C8)C65)C(O)C3O)c2c1O. The molecule has 9 saturated carbocycles. The van der Waals surface area contributed by atoms with Crippen LogP contribution in [0.1, 0.15) is 219 Å². The Labute approximate surface area is 499 Å². The van der Waals surface area contributed by atoms with Gasteiger partial charge in [-0.3, -0.25) is 15.6 Å². The first-order valence-corrected chi connectivity index (χ1v) is 33.8. The van der Waals surface area contributed by atoms with Gasteiger partial charge in [-0.2, -0.15) is 0 Å². The quantitative estimate of drug-likeness (QED) is 0.0926. The van der Waals surface area contributed by atoms with E-state index in [1.54, 1.807) is 0 Å². The molecule has 16 atom stereocenters. The zero-order valence-corrected chi connectivity index (χ0v) is 50.2. The summed E-state index contributed by atoms with van der Waals surface area (Å²) in [5, 5.41) is 84.8. The zero-order valence-electron chi connectivity index (χ0n) is 50.2. The van der Waals surface area contributed by atoms with Crippen LogP contribution in [0.15, 0.2) is 34.9 Å². The van der Waals surface area contributed by atoms with Crippen molar-refractivity contribution in [2.75, 3.05) is 19.8 Å². The molecule has 13 fully saturated rings. The van der Waals surface area contributed by atoms with Gasteiger partial charge in [0.25, 0.3) is 0 Å². The van der Waals surface area contributed by atoms with Gasteiger partial charge in [0, 0.05) is 52.5 Å². The molecule has 4 saturated heterocycles. The normalized spacial score (nSPS) is 45.0. The summed E-state index contributed by atoms with van der Waals surface area (Å²) in [5.74, 6) is -3.06. The summed E-state index contributed by atoms with van der Waals surface area (Å²) in [4.78, 5) is 25.9. The molecule has 9 N–H and O–H groups in total. The maximum Gasteiger partial charge on any atom is 0.335 e. The number of ketones is 1. The lowest BCUT2D eigenvalue weighted by Gasteiger charge is -2.72. The topological polar surface area (TPSA) is 237 Å². The van der Waals surface area contributed by atoms with Crippen molar-refractivity contribution in [2.45, 2.75) is 254 Å². The number of carboxylic acid groups (broad SMARTS) is 1. The van der Waals surface area contributed by atoms with Crippen LogP contribution in [-0.4, -0.2) is 121 Å². The van der Waals surface area contributed by atoms with Crippen LogP contribution in [0, 0.1) is 68.0 Å². The number of allylic oxidation sites excluding steroid dienone is 1. The molecule has 5 heterocycles. The minimum Gasteiger partial charge on any atom is -0.507 e. The van der Waals surface area contributed by atoms with Crippen LogP contribution in [0.5, 0.6) is 17.2 Å². The molecule has 10 aliphatic carbocycles. The highest BCUT2D eigenvalue weighted by molar-refractivity contribution is 6.11. The number of nitrogens with one attached hydrogen (secondary N) is 2. The number of ether oxygens (including phenoxy) is 4. The van der Waals surface area contributed by atoms with Gasteiger partial charge in [-0.15, -0.1) is 0 Å². The Morgan fingerprint density at radius 2 is 1.51 bits per heavy atom. The van der Waals surface area contributed by atoms with E-state index in [0.717, 1.165) is 32.1 Å². The first-order valence-electron chi connectivity index (χ1n) is 33.8. The molecule has 5 aliphatic heterocycles. The molecular weight excluding hydrogens is 1080 g/mol. The Morgan fingerprint density at radius 3 is 2.24 bits per heavy atom. The van der Waals surface area contributed by atoms with E-state index in [0.29, 0.717) is 61.6 Å². The van der Waals surface area contributed by atoms with Crippen molar-refractivity contribution in [2.24, 2.45) is 61.1 Å². The van der Waals surface area contributed by atoms with E-state index in [9.17, 15) is 45.3 Å². The van der Waals surface area contributed by atoms with Crippen molar-refractivity contribution in [1.82, 2.24) is 10.9 Å². The number of aromatic carboxylic acids is 1. The van der Waals surface area contributed by atoms with Crippen LogP contribution in [0.4, 0.5) is 0 Å². The van der Waals surface area contributed by atoms with E-state index in [4.69, 9.17) is 18.9 Å². The fourth-order valence-corrected chi connectivity index (χ4v) is 26.8. The number of hydrazine groups is 1. The first kappa shape index (κ1) is 55.4. The molecule has 9 spiro atoms. The van der Waals surface area contributed by atoms with Crippen molar-refractivity contribution in [3.63, 3.8) is 0 Å². The molecule has 0 amide bonds. The summed E-state index contributed by atoms with van der Waals surface area (Å²) in [6, 6.07) is 2.66. The standard InChI is InChI=1S/C70H92N2O13/c1-38-48(39(2)74)52(76)50-43(51(38)75)26-40(58(80)81)27-46(50)83-59-53(77)55(78)70-29-45-49-42(47(85-70)30-63(18-7-8-19-63)56(79)57(70)84-59)12-13-44(49)66(20-11-25-73)37-82-31-41-28-64-35-68(67(21-9-10-22-67)60(64)71-72-69(45,36-64)54(41)66)34-62(16-5-6-17-62)33-65(68)24-23-61(32-65)14-3-4-15-61/h13,26-27,41,45,47,53-57,59-60,71-73,75-79H,3-12,14-25,28-37H2,1-2H3,(H,80,81). The molecule has 2 aromatic carbocycles. The van der Waals surface area contributed by atoms with Gasteiger partial charge in [0.2, 0.25) is 6.29 Å². The zero-order chi connectivity index (χ0) is 58.3. The monoisotopic (exact) mass is 1170 g/mol. The third kappa shape index (κ3) is 6.85. The predicted molar refractivity (Wildman–Crippen MR) is 314 cm³/mol. The van der Waals surface area contributed by atoms with Gasteiger partial charge in [0.05, 0.1) is 35.3 Å². The maximum atomic E-state index is 13.7. The van der Waals surface area contributed by atoms with E-state index < -0.39 is 82.0 Å². The van der Waals surface area contributed by atoms with Gasteiger partial charge >= 0.3 is 5.97 Å². The lowest BCUT2D eigenvalue weighted by molar-refractivity contribution is -0.340. The highest BCUT2D eigenvalue weighted by Gasteiger charge is 2.85. The number of benzene rings is 2. The average molecular weight is 1170 g/mol. The van der Waals surface area contributed by atoms with Crippen molar-refractivity contribution in [1.29, 1.82) is 0 Å². The van der Waals surface area contributed by atoms with Crippen LogP contribution < -0.4 is 15.6 Å².